The summed E-state index contributed by atoms with van der Waals surface area (Å²) in [6.45, 7) is 2.59. The van der Waals surface area contributed by atoms with Crippen LogP contribution in [-0.4, -0.2) is 75.5 Å². The third-order valence-corrected chi connectivity index (χ3v) is 5.91. The van der Waals surface area contributed by atoms with Crippen molar-refractivity contribution >= 4 is 18.0 Å². The Kier molecular flexibility index (Phi) is 4.08. The van der Waals surface area contributed by atoms with Gasteiger partial charge in [0.15, 0.2) is 5.82 Å². The van der Waals surface area contributed by atoms with Crippen LogP contribution in [0, 0.1) is 0 Å². The predicted octanol–water partition coefficient (Wildman–Crippen LogP) is 1.08. The monoisotopic (exact) mass is 376 g/mol. The van der Waals surface area contributed by atoms with E-state index in [0.29, 0.717) is 43.6 Å². The molecule has 1 aliphatic carbocycles. The van der Waals surface area contributed by atoms with Crippen molar-refractivity contribution in [1.29, 1.82) is 0 Å². The smallest absolute Gasteiger partial charge is 0.327 e. The molecule has 1 atom stereocenters. The molecule has 1 aromatic heterocycles. The molecule has 1 aromatic rings. The molecule has 0 bridgehead atoms. The van der Waals surface area contributed by atoms with Crippen LogP contribution in [0.4, 0.5) is 9.59 Å². The van der Waals surface area contributed by atoms with Gasteiger partial charge in [0.1, 0.15) is 11.6 Å². The molecule has 0 aromatic carbocycles. The average Bonchev–Trinajstić information content (AvgIpc) is 3.38. The number of hydrogen-bond acceptors (Lipinski definition) is 6. The van der Waals surface area contributed by atoms with Gasteiger partial charge >= 0.3 is 12.1 Å². The Morgan fingerprint density at radius 2 is 1.93 bits per heavy atom. The fourth-order valence-corrected chi connectivity index (χ4v) is 3.85. The van der Waals surface area contributed by atoms with Gasteiger partial charge in [-0.1, -0.05) is 5.16 Å². The summed E-state index contributed by atoms with van der Waals surface area (Å²) in [5, 5.41) is 6.84. The van der Waals surface area contributed by atoms with E-state index in [4.69, 9.17) is 4.52 Å². The van der Waals surface area contributed by atoms with Crippen LogP contribution in [0.2, 0.25) is 0 Å². The summed E-state index contributed by atoms with van der Waals surface area (Å²) in [6.07, 6.45) is 3.01. The molecule has 3 fully saturated rings. The van der Waals surface area contributed by atoms with E-state index >= 15 is 0 Å². The number of nitrogens with zero attached hydrogens (tertiary/aromatic N) is 5. The predicted molar refractivity (Wildman–Crippen MR) is 92.7 cm³/mol. The van der Waals surface area contributed by atoms with Crippen LogP contribution in [0.25, 0.3) is 0 Å². The van der Waals surface area contributed by atoms with Gasteiger partial charge in [-0.3, -0.25) is 9.69 Å². The SMILES string of the molecule is C[C@H](NC(=O)N1CCC2(CC1)C(=O)N(C)C(=O)N2C)c1nc(C2CC2)no1. The van der Waals surface area contributed by atoms with E-state index in [1.807, 2.05) is 0 Å². The van der Waals surface area contributed by atoms with Crippen molar-refractivity contribution in [2.75, 3.05) is 27.2 Å². The topological polar surface area (TPSA) is 112 Å². The molecule has 3 aliphatic rings. The lowest BCUT2D eigenvalue weighted by Crippen LogP contribution is -2.57. The normalized spacial score (nSPS) is 23.3. The third kappa shape index (κ3) is 2.83. The second-order valence-corrected chi connectivity index (χ2v) is 7.66. The molecule has 3 heterocycles. The first-order valence-corrected chi connectivity index (χ1v) is 9.28. The summed E-state index contributed by atoms with van der Waals surface area (Å²) in [4.78, 5) is 45.9. The van der Waals surface area contributed by atoms with Crippen LogP contribution in [-0.2, 0) is 4.79 Å². The molecular weight excluding hydrogens is 352 g/mol. The van der Waals surface area contributed by atoms with Gasteiger partial charge in [0, 0.05) is 33.1 Å². The number of likely N-dealkylation sites (tertiary alicyclic amines) is 1. The maximum Gasteiger partial charge on any atom is 0.327 e. The Bertz CT molecular complexity index is 780. The maximum absolute atomic E-state index is 12.6. The van der Waals surface area contributed by atoms with Crippen LogP contribution >= 0.6 is 0 Å². The minimum absolute atomic E-state index is 0.193. The summed E-state index contributed by atoms with van der Waals surface area (Å²) in [5.41, 5.74) is -0.833. The highest BCUT2D eigenvalue weighted by Gasteiger charge is 2.55. The van der Waals surface area contributed by atoms with Gasteiger partial charge in [0.25, 0.3) is 5.91 Å². The molecule has 1 N–H and O–H groups in total. The van der Waals surface area contributed by atoms with E-state index in [1.54, 1.807) is 18.9 Å². The summed E-state index contributed by atoms with van der Waals surface area (Å²) >= 11 is 0. The van der Waals surface area contributed by atoms with Crippen LogP contribution in [0.1, 0.15) is 56.3 Å². The summed E-state index contributed by atoms with van der Waals surface area (Å²) in [5.74, 6) is 1.31. The first-order chi connectivity index (χ1) is 12.8. The Morgan fingerprint density at radius 1 is 1.26 bits per heavy atom. The summed E-state index contributed by atoms with van der Waals surface area (Å²) in [6, 6.07) is -0.928. The molecule has 146 valence electrons. The highest BCUT2D eigenvalue weighted by molar-refractivity contribution is 6.06. The number of amides is 5. The van der Waals surface area contributed by atoms with Crippen LogP contribution in [0.15, 0.2) is 4.52 Å². The molecule has 10 nitrogen and oxygen atoms in total. The summed E-state index contributed by atoms with van der Waals surface area (Å²) < 4.78 is 5.26. The van der Waals surface area contributed by atoms with Crippen LogP contribution in [0.5, 0.6) is 0 Å². The van der Waals surface area contributed by atoms with Crippen LogP contribution < -0.4 is 5.32 Å². The van der Waals surface area contributed by atoms with E-state index in [9.17, 15) is 14.4 Å². The Labute approximate surface area is 156 Å². The number of nitrogens with one attached hydrogen (secondary N) is 1. The number of piperidine rings is 1. The number of carbonyl (C=O) groups excluding carboxylic acids is 3. The zero-order valence-electron chi connectivity index (χ0n) is 15.8. The van der Waals surface area contributed by atoms with Crippen molar-refractivity contribution in [3.63, 3.8) is 0 Å². The maximum atomic E-state index is 12.6. The molecule has 5 amide bonds. The second kappa shape index (κ2) is 6.21. The van der Waals surface area contributed by atoms with Crippen molar-refractivity contribution < 1.29 is 18.9 Å². The van der Waals surface area contributed by atoms with Crippen molar-refractivity contribution in [3.8, 4) is 0 Å². The Hall–Kier alpha value is -2.65. The number of aromatic nitrogens is 2. The highest BCUT2D eigenvalue weighted by Crippen LogP contribution is 2.38. The molecule has 2 saturated heterocycles. The van der Waals surface area contributed by atoms with E-state index in [-0.39, 0.29) is 18.0 Å². The number of likely N-dealkylation sites (N-methyl/N-ethyl adjacent to an activating group) is 2. The fraction of sp³-hybridized carbons (Fsp3) is 0.706. The molecule has 1 saturated carbocycles. The van der Waals surface area contributed by atoms with E-state index in [2.05, 4.69) is 15.5 Å². The molecule has 4 rings (SSSR count). The largest absolute Gasteiger partial charge is 0.337 e. The van der Waals surface area contributed by atoms with Gasteiger partial charge < -0.3 is 19.6 Å². The fourth-order valence-electron chi connectivity index (χ4n) is 3.85. The lowest BCUT2D eigenvalue weighted by Gasteiger charge is -2.40. The number of carbonyl (C=O) groups is 3. The molecule has 0 unspecified atom stereocenters. The van der Waals surface area contributed by atoms with Crippen molar-refractivity contribution in [2.45, 2.75) is 50.1 Å². The van der Waals surface area contributed by atoms with Crippen molar-refractivity contribution in [3.05, 3.63) is 11.7 Å². The number of urea groups is 2. The first-order valence-electron chi connectivity index (χ1n) is 9.28. The minimum atomic E-state index is -0.833. The lowest BCUT2D eigenvalue weighted by atomic mass is 9.86. The molecule has 2 aliphatic heterocycles. The van der Waals surface area contributed by atoms with Gasteiger partial charge in [-0.05, 0) is 32.6 Å². The minimum Gasteiger partial charge on any atom is -0.337 e. The first kappa shape index (κ1) is 17.7. The Morgan fingerprint density at radius 3 is 2.48 bits per heavy atom. The molecular formula is C17H24N6O4. The summed E-state index contributed by atoms with van der Waals surface area (Å²) in [7, 11) is 3.14. The quantitative estimate of drug-likeness (QED) is 0.790. The van der Waals surface area contributed by atoms with Gasteiger partial charge in [-0.15, -0.1) is 0 Å². The molecule has 10 heteroatoms. The van der Waals surface area contributed by atoms with Crippen molar-refractivity contribution in [2.24, 2.45) is 0 Å². The number of hydrogen-bond donors (Lipinski definition) is 1. The van der Waals surface area contributed by atoms with Gasteiger partial charge in [0.05, 0.1) is 0 Å². The lowest BCUT2D eigenvalue weighted by molar-refractivity contribution is -0.134. The zero-order chi connectivity index (χ0) is 19.3. The Balaban J connectivity index is 1.35. The second-order valence-electron chi connectivity index (χ2n) is 7.66. The number of rotatable bonds is 3. The van der Waals surface area contributed by atoms with Gasteiger partial charge in [-0.2, -0.15) is 4.98 Å². The van der Waals surface area contributed by atoms with Crippen LogP contribution in [0.3, 0.4) is 0 Å². The molecule has 27 heavy (non-hydrogen) atoms. The average molecular weight is 376 g/mol. The number of imide groups is 1. The van der Waals surface area contributed by atoms with Gasteiger partial charge in [0.2, 0.25) is 5.89 Å². The van der Waals surface area contributed by atoms with Gasteiger partial charge in [-0.25, -0.2) is 9.59 Å². The molecule has 1 spiro atoms. The standard InChI is InChI=1S/C17H24N6O4/c1-10(13-19-12(20-27-13)11-4-5-11)18-15(25)23-8-6-17(7-9-23)14(24)21(2)16(26)22(17)3/h10-11H,4-9H2,1-3H3,(H,18,25)/t10-/m0/s1. The highest BCUT2D eigenvalue weighted by atomic mass is 16.5. The molecule has 0 radical (unpaired) electrons. The van der Waals surface area contributed by atoms with E-state index < -0.39 is 11.6 Å². The third-order valence-electron chi connectivity index (χ3n) is 5.91. The zero-order valence-corrected chi connectivity index (χ0v) is 15.8. The van der Waals surface area contributed by atoms with Crippen molar-refractivity contribution in [1.82, 2.24) is 30.2 Å². The van der Waals surface area contributed by atoms with E-state index in [1.165, 1.54) is 11.9 Å². The van der Waals surface area contributed by atoms with E-state index in [0.717, 1.165) is 17.7 Å².